The van der Waals surface area contributed by atoms with Crippen molar-refractivity contribution in [2.75, 3.05) is 6.61 Å². The third kappa shape index (κ3) is 5.66. The Balaban J connectivity index is 1.78. The second-order valence-corrected chi connectivity index (χ2v) is 8.46. The Bertz CT molecular complexity index is 960. The molecule has 1 unspecified atom stereocenters. The minimum absolute atomic E-state index is 0.223. The SMILES string of the molecule is CC1=C(C(=O)OCC(C)C)C(c2ccc(Oc3ccc(C(C)C)cc3)cc2)NC(=O)N1. The smallest absolute Gasteiger partial charge is 0.338 e. The molecule has 2 amide bonds. The number of allylic oxidation sites excluding steroid dienone is 1. The summed E-state index contributed by atoms with van der Waals surface area (Å²) >= 11 is 0. The maximum absolute atomic E-state index is 12.7. The average molecular weight is 423 g/mol. The van der Waals surface area contributed by atoms with E-state index in [0.717, 1.165) is 11.3 Å². The van der Waals surface area contributed by atoms with Crippen molar-refractivity contribution >= 4 is 12.0 Å². The van der Waals surface area contributed by atoms with Crippen LogP contribution in [0.3, 0.4) is 0 Å². The summed E-state index contributed by atoms with van der Waals surface area (Å²) in [5.74, 6) is 1.67. The van der Waals surface area contributed by atoms with Crippen LogP contribution in [0.4, 0.5) is 4.79 Å². The minimum Gasteiger partial charge on any atom is -0.462 e. The van der Waals surface area contributed by atoms with Gasteiger partial charge in [-0.3, -0.25) is 0 Å². The molecule has 0 saturated heterocycles. The van der Waals surface area contributed by atoms with Gasteiger partial charge >= 0.3 is 12.0 Å². The number of amides is 2. The first kappa shape index (κ1) is 22.4. The lowest BCUT2D eigenvalue weighted by atomic mass is 9.95. The molecule has 2 N–H and O–H groups in total. The second-order valence-electron chi connectivity index (χ2n) is 8.46. The summed E-state index contributed by atoms with van der Waals surface area (Å²) in [6, 6.07) is 14.4. The Morgan fingerprint density at radius 2 is 1.55 bits per heavy atom. The lowest BCUT2D eigenvalue weighted by molar-refractivity contribution is -0.140. The summed E-state index contributed by atoms with van der Waals surface area (Å²) in [6.07, 6.45) is 0. The summed E-state index contributed by atoms with van der Waals surface area (Å²) < 4.78 is 11.4. The van der Waals surface area contributed by atoms with Crippen LogP contribution in [-0.4, -0.2) is 18.6 Å². The molecule has 3 rings (SSSR count). The van der Waals surface area contributed by atoms with Crippen LogP contribution in [0.1, 0.15) is 57.7 Å². The number of urea groups is 1. The van der Waals surface area contributed by atoms with Crippen molar-refractivity contribution in [2.45, 2.75) is 46.6 Å². The molecule has 0 aliphatic carbocycles. The van der Waals surface area contributed by atoms with Crippen LogP contribution < -0.4 is 15.4 Å². The van der Waals surface area contributed by atoms with Crippen LogP contribution in [0.15, 0.2) is 59.8 Å². The van der Waals surface area contributed by atoms with E-state index in [1.165, 1.54) is 5.56 Å². The topological polar surface area (TPSA) is 76.7 Å². The second kappa shape index (κ2) is 9.69. The molecular weight excluding hydrogens is 392 g/mol. The minimum atomic E-state index is -0.590. The zero-order chi connectivity index (χ0) is 22.5. The van der Waals surface area contributed by atoms with Gasteiger partial charge in [0.25, 0.3) is 0 Å². The zero-order valence-corrected chi connectivity index (χ0v) is 18.7. The molecule has 1 aliphatic heterocycles. The molecule has 2 aromatic carbocycles. The van der Waals surface area contributed by atoms with Gasteiger partial charge in [-0.25, -0.2) is 9.59 Å². The largest absolute Gasteiger partial charge is 0.462 e. The van der Waals surface area contributed by atoms with Crippen LogP contribution in [0.2, 0.25) is 0 Å². The summed E-state index contributed by atoms with van der Waals surface area (Å²) in [6.45, 7) is 10.3. The quantitative estimate of drug-likeness (QED) is 0.584. The van der Waals surface area contributed by atoms with E-state index in [9.17, 15) is 9.59 Å². The van der Waals surface area contributed by atoms with Crippen molar-refractivity contribution in [3.63, 3.8) is 0 Å². The number of esters is 1. The highest BCUT2D eigenvalue weighted by Crippen LogP contribution is 2.30. The number of benzene rings is 2. The fourth-order valence-corrected chi connectivity index (χ4v) is 3.32. The number of carbonyl (C=O) groups excluding carboxylic acids is 2. The molecule has 0 fully saturated rings. The number of nitrogens with one attached hydrogen (secondary N) is 2. The summed E-state index contributed by atoms with van der Waals surface area (Å²) in [4.78, 5) is 24.7. The number of ether oxygens (including phenoxy) is 2. The molecule has 0 radical (unpaired) electrons. The lowest BCUT2D eigenvalue weighted by Gasteiger charge is -2.28. The van der Waals surface area contributed by atoms with Crippen LogP contribution in [0.5, 0.6) is 11.5 Å². The van der Waals surface area contributed by atoms with Gasteiger partial charge in [0.15, 0.2) is 0 Å². The van der Waals surface area contributed by atoms with Gasteiger partial charge in [-0.05, 0) is 54.2 Å². The summed E-state index contributed by atoms with van der Waals surface area (Å²) in [7, 11) is 0. The van der Waals surface area contributed by atoms with Gasteiger partial charge in [-0.1, -0.05) is 52.0 Å². The third-order valence-corrected chi connectivity index (χ3v) is 5.03. The van der Waals surface area contributed by atoms with Gasteiger partial charge in [-0.2, -0.15) is 0 Å². The first-order chi connectivity index (χ1) is 14.7. The molecular formula is C25H30N2O4. The van der Waals surface area contributed by atoms with E-state index >= 15 is 0 Å². The Morgan fingerprint density at radius 3 is 2.10 bits per heavy atom. The molecule has 1 atom stereocenters. The third-order valence-electron chi connectivity index (χ3n) is 5.03. The van der Waals surface area contributed by atoms with Crippen LogP contribution >= 0.6 is 0 Å². The van der Waals surface area contributed by atoms with Crippen molar-refractivity contribution in [3.8, 4) is 11.5 Å². The monoisotopic (exact) mass is 422 g/mol. The lowest BCUT2D eigenvalue weighted by Crippen LogP contribution is -2.45. The van der Waals surface area contributed by atoms with E-state index in [1.54, 1.807) is 6.92 Å². The Kier molecular flexibility index (Phi) is 7.00. The fourth-order valence-electron chi connectivity index (χ4n) is 3.32. The summed E-state index contributed by atoms with van der Waals surface area (Å²) in [5.41, 5.74) is 2.92. The molecule has 2 aromatic rings. The average Bonchev–Trinajstić information content (AvgIpc) is 2.72. The van der Waals surface area contributed by atoms with Crippen molar-refractivity contribution < 1.29 is 19.1 Å². The van der Waals surface area contributed by atoms with E-state index in [0.29, 0.717) is 29.5 Å². The molecule has 6 heteroatoms. The van der Waals surface area contributed by atoms with Gasteiger partial charge < -0.3 is 20.1 Å². The van der Waals surface area contributed by atoms with Crippen molar-refractivity contribution in [1.29, 1.82) is 0 Å². The van der Waals surface area contributed by atoms with E-state index < -0.39 is 12.0 Å². The first-order valence-corrected chi connectivity index (χ1v) is 10.6. The highest BCUT2D eigenvalue weighted by atomic mass is 16.5. The number of hydrogen-bond donors (Lipinski definition) is 2. The molecule has 0 saturated carbocycles. The van der Waals surface area contributed by atoms with Crippen LogP contribution in [0, 0.1) is 5.92 Å². The van der Waals surface area contributed by atoms with Gasteiger partial charge in [0, 0.05) is 5.70 Å². The number of carbonyl (C=O) groups is 2. The molecule has 0 aromatic heterocycles. The van der Waals surface area contributed by atoms with Crippen LogP contribution in [-0.2, 0) is 9.53 Å². The Hall–Kier alpha value is -3.28. The molecule has 164 valence electrons. The van der Waals surface area contributed by atoms with Gasteiger partial charge in [-0.15, -0.1) is 0 Å². The number of rotatable bonds is 7. The number of hydrogen-bond acceptors (Lipinski definition) is 4. The standard InChI is InChI=1S/C25H30N2O4/c1-15(2)14-30-24(28)22-17(5)26-25(29)27-23(22)19-8-12-21(13-9-19)31-20-10-6-18(7-11-20)16(3)4/h6-13,15-16,23H,14H2,1-5H3,(H2,26,27,29). The summed E-state index contributed by atoms with van der Waals surface area (Å²) in [5, 5.41) is 5.48. The van der Waals surface area contributed by atoms with Crippen molar-refractivity contribution in [3.05, 3.63) is 70.9 Å². The first-order valence-electron chi connectivity index (χ1n) is 10.6. The van der Waals surface area contributed by atoms with Gasteiger partial charge in [0.1, 0.15) is 11.5 Å². The highest BCUT2D eigenvalue weighted by molar-refractivity contribution is 5.95. The molecule has 6 nitrogen and oxygen atoms in total. The fraction of sp³-hybridized carbons (Fsp3) is 0.360. The van der Waals surface area contributed by atoms with Crippen molar-refractivity contribution in [1.82, 2.24) is 10.6 Å². The van der Waals surface area contributed by atoms with Crippen molar-refractivity contribution in [2.24, 2.45) is 5.92 Å². The van der Waals surface area contributed by atoms with Gasteiger partial charge in [0.05, 0.1) is 18.2 Å². The van der Waals surface area contributed by atoms with Crippen LogP contribution in [0.25, 0.3) is 0 Å². The maximum Gasteiger partial charge on any atom is 0.338 e. The molecule has 1 aliphatic rings. The van der Waals surface area contributed by atoms with E-state index in [2.05, 4.69) is 36.6 Å². The van der Waals surface area contributed by atoms with E-state index in [4.69, 9.17) is 9.47 Å². The predicted octanol–water partition coefficient (Wildman–Crippen LogP) is 5.43. The Morgan fingerprint density at radius 1 is 0.968 bits per heavy atom. The molecule has 0 spiro atoms. The molecule has 31 heavy (non-hydrogen) atoms. The maximum atomic E-state index is 12.7. The zero-order valence-electron chi connectivity index (χ0n) is 18.7. The normalized spacial score (nSPS) is 16.2. The Labute approximate surface area is 183 Å². The van der Waals surface area contributed by atoms with Gasteiger partial charge in [0.2, 0.25) is 0 Å². The highest BCUT2D eigenvalue weighted by Gasteiger charge is 2.32. The predicted molar refractivity (Wildman–Crippen MR) is 120 cm³/mol. The molecule has 1 heterocycles. The molecule has 0 bridgehead atoms. The van der Waals surface area contributed by atoms with E-state index in [1.807, 2.05) is 50.2 Å². The van der Waals surface area contributed by atoms with E-state index in [-0.39, 0.29) is 11.9 Å².